The lowest BCUT2D eigenvalue weighted by atomic mass is 10.0. The van der Waals surface area contributed by atoms with Gasteiger partial charge in [0.05, 0.1) is 22.2 Å². The number of rotatable bonds is 8. The molecule has 4 aromatic heterocycles. The van der Waals surface area contributed by atoms with Crippen LogP contribution in [0.4, 0.5) is 0 Å². The molecule has 0 radical (unpaired) electrons. The fraction of sp³-hybridized carbons (Fsp3) is 0.0196. The van der Waals surface area contributed by atoms with Crippen LogP contribution in [0.2, 0.25) is 0 Å². The van der Waals surface area contributed by atoms with Crippen molar-refractivity contribution < 1.29 is 0 Å². The van der Waals surface area contributed by atoms with Gasteiger partial charge in [0, 0.05) is 52.6 Å². The molecule has 0 bridgehead atoms. The van der Waals surface area contributed by atoms with Gasteiger partial charge in [-0.1, -0.05) is 122 Å². The number of hydrogen-bond donors (Lipinski definition) is 0. The van der Waals surface area contributed by atoms with E-state index in [1.165, 1.54) is 74.5 Å². The molecule has 0 fully saturated rings. The number of aromatic nitrogens is 2. The molecule has 0 amide bonds. The van der Waals surface area contributed by atoms with Gasteiger partial charge in [0.15, 0.2) is 0 Å². The highest BCUT2D eigenvalue weighted by molar-refractivity contribution is 7.19. The van der Waals surface area contributed by atoms with Crippen LogP contribution < -0.4 is 0 Å². The Kier molecular flexibility index (Phi) is 8.28. The maximum Gasteiger partial charge on any atom is 0.0548 e. The SMILES string of the molecule is C=Cc1c(/C=C\C)c2c3c4ccccc4n(-c4cccc(-c5ccc(-c6ccccc6)s5)c4)c3ccc2n1-c1cccc(-c2ccc(-c3ccccc3)s2)c1. The molecule has 0 atom stereocenters. The molecule has 0 saturated carbocycles. The minimum absolute atomic E-state index is 1.08. The molecule has 55 heavy (non-hydrogen) atoms. The fourth-order valence-electron chi connectivity index (χ4n) is 8.08. The molecular formula is C51H36N2S2. The molecule has 0 N–H and O–H groups in total. The lowest BCUT2D eigenvalue weighted by molar-refractivity contribution is 1.11. The van der Waals surface area contributed by atoms with E-state index in [9.17, 15) is 0 Å². The average Bonchev–Trinajstić information content (AvgIpc) is 4.06. The van der Waals surface area contributed by atoms with Crippen LogP contribution in [0.5, 0.6) is 0 Å². The number of benzene rings is 6. The molecule has 4 heteroatoms. The van der Waals surface area contributed by atoms with Crippen molar-refractivity contribution in [2.24, 2.45) is 0 Å². The summed E-state index contributed by atoms with van der Waals surface area (Å²) < 4.78 is 4.82. The van der Waals surface area contributed by atoms with Crippen LogP contribution in [-0.4, -0.2) is 9.13 Å². The van der Waals surface area contributed by atoms with Crippen LogP contribution >= 0.6 is 22.7 Å². The predicted molar refractivity (Wildman–Crippen MR) is 240 cm³/mol. The Bertz CT molecular complexity index is 3060. The third-order valence-corrected chi connectivity index (χ3v) is 12.8. The van der Waals surface area contributed by atoms with Gasteiger partial charge in [-0.05, 0) is 102 Å². The predicted octanol–water partition coefficient (Wildman–Crippen LogP) is 15.2. The minimum Gasteiger partial charge on any atom is -0.309 e. The molecule has 4 heterocycles. The van der Waals surface area contributed by atoms with Gasteiger partial charge in [-0.15, -0.1) is 22.7 Å². The second-order valence-electron chi connectivity index (χ2n) is 13.7. The van der Waals surface area contributed by atoms with E-state index < -0.39 is 0 Å². The smallest absolute Gasteiger partial charge is 0.0548 e. The zero-order valence-corrected chi connectivity index (χ0v) is 31.9. The van der Waals surface area contributed by atoms with E-state index in [2.05, 4.69) is 205 Å². The third-order valence-electron chi connectivity index (χ3n) is 10.5. The summed E-state index contributed by atoms with van der Waals surface area (Å²) in [6.07, 6.45) is 6.41. The molecule has 0 spiro atoms. The van der Waals surface area contributed by atoms with Crippen molar-refractivity contribution in [2.45, 2.75) is 6.92 Å². The van der Waals surface area contributed by atoms with Crippen molar-refractivity contribution in [3.8, 4) is 53.1 Å². The summed E-state index contributed by atoms with van der Waals surface area (Å²) in [5, 5.41) is 3.71. The van der Waals surface area contributed by atoms with Crippen LogP contribution in [0.1, 0.15) is 18.2 Å². The zero-order chi connectivity index (χ0) is 36.9. The Morgan fingerprint density at radius 2 is 0.945 bits per heavy atom. The highest BCUT2D eigenvalue weighted by atomic mass is 32.1. The van der Waals surface area contributed by atoms with Crippen LogP contribution in [0, 0.1) is 0 Å². The molecule has 0 aliphatic carbocycles. The van der Waals surface area contributed by atoms with E-state index in [0.29, 0.717) is 0 Å². The number of fused-ring (bicyclic) bond motifs is 5. The molecule has 2 nitrogen and oxygen atoms in total. The van der Waals surface area contributed by atoms with Crippen molar-refractivity contribution >= 4 is 67.5 Å². The van der Waals surface area contributed by atoms with Gasteiger partial charge in [-0.25, -0.2) is 0 Å². The molecule has 262 valence electrons. The second kappa shape index (κ2) is 13.7. The highest BCUT2D eigenvalue weighted by Crippen LogP contribution is 2.44. The molecule has 0 aliphatic heterocycles. The maximum atomic E-state index is 4.37. The van der Waals surface area contributed by atoms with Crippen molar-refractivity contribution in [1.29, 1.82) is 0 Å². The van der Waals surface area contributed by atoms with E-state index in [0.717, 1.165) is 22.6 Å². The van der Waals surface area contributed by atoms with Gasteiger partial charge in [0.25, 0.3) is 0 Å². The standard InChI is InChI=1S/C51H36N2S2/c1-3-15-40-42(4-2)52(38-22-13-20-36(32-38)48-30-28-46(54-48)34-16-7-5-8-17-34)44-26-27-45-51(50(40)44)41-24-11-12-25-43(41)53(45)39-23-14-21-37(33-39)49-31-29-47(55-49)35-18-9-6-10-19-35/h3-33H,2H2,1H3/b15-3-. The Morgan fingerprint density at radius 3 is 1.51 bits per heavy atom. The monoisotopic (exact) mass is 740 g/mol. The number of thiophene rings is 2. The Balaban J connectivity index is 1.15. The number of nitrogens with zero attached hydrogens (tertiary/aromatic N) is 2. The van der Waals surface area contributed by atoms with Crippen molar-refractivity contribution in [3.05, 3.63) is 194 Å². The van der Waals surface area contributed by atoms with Crippen molar-refractivity contribution in [3.63, 3.8) is 0 Å². The molecule has 0 aliphatic rings. The minimum atomic E-state index is 1.08. The summed E-state index contributed by atoms with van der Waals surface area (Å²) in [7, 11) is 0. The van der Waals surface area contributed by atoms with E-state index in [4.69, 9.17) is 0 Å². The maximum absolute atomic E-state index is 4.37. The first-order valence-corrected chi connectivity index (χ1v) is 20.2. The molecule has 6 aromatic carbocycles. The first-order chi connectivity index (χ1) is 27.2. The lowest BCUT2D eigenvalue weighted by Gasteiger charge is -2.12. The Hall–Kier alpha value is -6.46. The fourth-order valence-corrected chi connectivity index (χ4v) is 10.1. The first kappa shape index (κ1) is 33.1. The van der Waals surface area contributed by atoms with Gasteiger partial charge < -0.3 is 9.13 Å². The number of allylic oxidation sites excluding steroid dienone is 1. The first-order valence-electron chi connectivity index (χ1n) is 18.6. The normalized spacial score (nSPS) is 11.7. The molecule has 10 rings (SSSR count). The topological polar surface area (TPSA) is 9.86 Å². The summed E-state index contributed by atoms with van der Waals surface area (Å²) in [6.45, 7) is 6.47. The quantitative estimate of drug-likeness (QED) is 0.147. The van der Waals surface area contributed by atoms with E-state index in [-0.39, 0.29) is 0 Å². The van der Waals surface area contributed by atoms with Gasteiger partial charge in [-0.3, -0.25) is 0 Å². The van der Waals surface area contributed by atoms with Crippen LogP contribution in [-0.2, 0) is 0 Å². The van der Waals surface area contributed by atoms with Crippen LogP contribution in [0.15, 0.2) is 183 Å². The summed E-state index contributed by atoms with van der Waals surface area (Å²) in [5.41, 5.74) is 13.0. The molecule has 0 unspecified atom stereocenters. The molecular weight excluding hydrogens is 705 g/mol. The number of para-hydroxylation sites is 1. The van der Waals surface area contributed by atoms with Gasteiger partial charge in [0.2, 0.25) is 0 Å². The molecule has 0 saturated heterocycles. The van der Waals surface area contributed by atoms with Crippen molar-refractivity contribution in [1.82, 2.24) is 9.13 Å². The summed E-state index contributed by atoms with van der Waals surface area (Å²) in [6, 6.07) is 61.6. The van der Waals surface area contributed by atoms with Gasteiger partial charge in [0.1, 0.15) is 0 Å². The van der Waals surface area contributed by atoms with Crippen LogP contribution in [0.25, 0.3) is 98.0 Å². The lowest BCUT2D eigenvalue weighted by Crippen LogP contribution is -1.97. The Morgan fingerprint density at radius 1 is 0.455 bits per heavy atom. The molecule has 10 aromatic rings. The van der Waals surface area contributed by atoms with Crippen molar-refractivity contribution in [2.75, 3.05) is 0 Å². The summed E-state index contributed by atoms with van der Waals surface area (Å²) in [5.74, 6) is 0. The average molecular weight is 741 g/mol. The summed E-state index contributed by atoms with van der Waals surface area (Å²) >= 11 is 3.67. The van der Waals surface area contributed by atoms with Gasteiger partial charge >= 0.3 is 0 Å². The highest BCUT2D eigenvalue weighted by Gasteiger charge is 2.22. The zero-order valence-electron chi connectivity index (χ0n) is 30.3. The second-order valence-corrected chi connectivity index (χ2v) is 15.9. The number of hydrogen-bond acceptors (Lipinski definition) is 2. The largest absolute Gasteiger partial charge is 0.309 e. The van der Waals surface area contributed by atoms with E-state index >= 15 is 0 Å². The van der Waals surface area contributed by atoms with Gasteiger partial charge in [-0.2, -0.15) is 0 Å². The van der Waals surface area contributed by atoms with Crippen LogP contribution in [0.3, 0.4) is 0 Å². The Labute approximate surface area is 328 Å². The van der Waals surface area contributed by atoms with E-state index in [1.54, 1.807) is 0 Å². The third kappa shape index (κ3) is 5.61. The summed E-state index contributed by atoms with van der Waals surface area (Å²) in [4.78, 5) is 5.05. The van der Waals surface area contributed by atoms with E-state index in [1.807, 2.05) is 28.7 Å².